The van der Waals surface area contributed by atoms with Gasteiger partial charge >= 0.3 is 0 Å². The van der Waals surface area contributed by atoms with E-state index in [1.807, 2.05) is 0 Å². The second kappa shape index (κ2) is 3.95. The van der Waals surface area contributed by atoms with E-state index in [1.165, 1.54) is 23.4 Å². The second-order valence-corrected chi connectivity index (χ2v) is 2.94. The Hall–Kier alpha value is -2.48. The summed E-state index contributed by atoms with van der Waals surface area (Å²) in [5.41, 5.74) is 7.79. The van der Waals surface area contributed by atoms with Crippen molar-refractivity contribution in [3.8, 4) is 5.82 Å². The molecule has 5 N–H and O–H groups in total. The summed E-state index contributed by atoms with van der Waals surface area (Å²) in [6.45, 7) is 0. The number of aromatic nitrogens is 4. The summed E-state index contributed by atoms with van der Waals surface area (Å²) >= 11 is 0. The number of rotatable bonds is 3. The highest BCUT2D eigenvalue weighted by Gasteiger charge is 2.06. The largest absolute Gasteiger partial charge is 0.366 e. The van der Waals surface area contributed by atoms with Crippen LogP contribution in [0.4, 0.5) is 5.82 Å². The number of amides is 1. The molecule has 0 saturated heterocycles. The highest BCUT2D eigenvalue weighted by atomic mass is 16.1. The molecule has 0 aliphatic rings. The first kappa shape index (κ1) is 10.1. The van der Waals surface area contributed by atoms with Crippen molar-refractivity contribution in [3.63, 3.8) is 0 Å². The van der Waals surface area contributed by atoms with Crippen molar-refractivity contribution in [1.82, 2.24) is 19.7 Å². The minimum Gasteiger partial charge on any atom is -0.366 e. The Balaban J connectivity index is 2.38. The molecule has 0 saturated carbocycles. The molecule has 8 nitrogen and oxygen atoms in total. The number of nitrogens with one attached hydrogen (secondary N) is 1. The van der Waals surface area contributed by atoms with Crippen LogP contribution in [0.2, 0.25) is 0 Å². The molecule has 0 atom stereocenters. The molecule has 2 aromatic rings. The van der Waals surface area contributed by atoms with E-state index < -0.39 is 5.91 Å². The van der Waals surface area contributed by atoms with E-state index in [0.29, 0.717) is 17.2 Å². The highest BCUT2D eigenvalue weighted by molar-refractivity contribution is 5.92. The smallest absolute Gasteiger partial charge is 0.251 e. The summed E-state index contributed by atoms with van der Waals surface area (Å²) in [4.78, 5) is 18.7. The maximum absolute atomic E-state index is 10.9. The Kier molecular flexibility index (Phi) is 2.48. The van der Waals surface area contributed by atoms with Gasteiger partial charge in [0.2, 0.25) is 0 Å². The molecule has 16 heavy (non-hydrogen) atoms. The SMILES string of the molecule is NNc1cc(-n2cc(C(N)=O)cn2)ncn1. The minimum absolute atomic E-state index is 0.306. The third-order valence-corrected chi connectivity index (χ3v) is 1.90. The summed E-state index contributed by atoms with van der Waals surface area (Å²) in [5.74, 6) is 5.59. The summed E-state index contributed by atoms with van der Waals surface area (Å²) in [6, 6.07) is 1.58. The van der Waals surface area contributed by atoms with E-state index in [9.17, 15) is 4.79 Å². The average molecular weight is 219 g/mol. The van der Waals surface area contributed by atoms with Crippen LogP contribution in [0.5, 0.6) is 0 Å². The van der Waals surface area contributed by atoms with Crippen LogP contribution in [-0.4, -0.2) is 25.7 Å². The van der Waals surface area contributed by atoms with E-state index in [4.69, 9.17) is 11.6 Å². The van der Waals surface area contributed by atoms with Gasteiger partial charge in [-0.05, 0) is 0 Å². The molecule has 0 unspecified atom stereocenters. The van der Waals surface area contributed by atoms with Gasteiger partial charge in [0.25, 0.3) is 5.91 Å². The topological polar surface area (TPSA) is 125 Å². The Morgan fingerprint density at radius 1 is 1.44 bits per heavy atom. The number of nitrogens with zero attached hydrogens (tertiary/aromatic N) is 4. The van der Waals surface area contributed by atoms with Crippen molar-refractivity contribution in [2.24, 2.45) is 11.6 Å². The summed E-state index contributed by atoms with van der Waals surface area (Å²) in [7, 11) is 0. The van der Waals surface area contributed by atoms with Crippen LogP contribution in [0.3, 0.4) is 0 Å². The van der Waals surface area contributed by atoms with Crippen molar-refractivity contribution >= 4 is 11.7 Å². The standard InChI is InChI=1S/C8H9N7O/c9-8(16)5-2-13-15(3-5)7-1-6(14-10)11-4-12-7/h1-4H,10H2,(H2,9,16)(H,11,12,14). The van der Waals surface area contributed by atoms with Gasteiger partial charge in [0.15, 0.2) is 5.82 Å². The molecule has 0 spiro atoms. The lowest BCUT2D eigenvalue weighted by molar-refractivity contribution is 0.100. The number of hydrogen-bond acceptors (Lipinski definition) is 6. The Morgan fingerprint density at radius 2 is 2.25 bits per heavy atom. The number of nitrogens with two attached hydrogens (primary N) is 2. The molecule has 2 heterocycles. The van der Waals surface area contributed by atoms with Crippen LogP contribution in [0.15, 0.2) is 24.8 Å². The molecule has 0 fully saturated rings. The van der Waals surface area contributed by atoms with Crippen molar-refractivity contribution in [2.75, 3.05) is 5.43 Å². The van der Waals surface area contributed by atoms with Crippen LogP contribution >= 0.6 is 0 Å². The zero-order valence-electron chi connectivity index (χ0n) is 8.16. The van der Waals surface area contributed by atoms with Gasteiger partial charge in [0, 0.05) is 12.3 Å². The van der Waals surface area contributed by atoms with Gasteiger partial charge in [-0.15, -0.1) is 0 Å². The van der Waals surface area contributed by atoms with Gasteiger partial charge < -0.3 is 11.2 Å². The van der Waals surface area contributed by atoms with Gasteiger partial charge in [-0.2, -0.15) is 5.10 Å². The normalized spacial score (nSPS) is 10.1. The van der Waals surface area contributed by atoms with Gasteiger partial charge in [-0.1, -0.05) is 0 Å². The third-order valence-electron chi connectivity index (χ3n) is 1.90. The lowest BCUT2D eigenvalue weighted by atomic mass is 10.3. The molecule has 0 radical (unpaired) electrons. The maximum atomic E-state index is 10.9. The third kappa shape index (κ3) is 1.81. The molecule has 1 amide bonds. The number of carbonyl (C=O) groups is 1. The molecular formula is C8H9N7O. The quantitative estimate of drug-likeness (QED) is 0.451. The lowest BCUT2D eigenvalue weighted by Crippen LogP contribution is -2.10. The summed E-state index contributed by atoms with van der Waals surface area (Å²) in [5, 5.41) is 3.94. The van der Waals surface area contributed by atoms with Crippen LogP contribution in [-0.2, 0) is 0 Å². The molecule has 8 heteroatoms. The van der Waals surface area contributed by atoms with E-state index in [1.54, 1.807) is 6.07 Å². The van der Waals surface area contributed by atoms with Gasteiger partial charge in [0.05, 0.1) is 11.8 Å². The predicted octanol–water partition coefficient (Wildman–Crippen LogP) is -0.953. The fraction of sp³-hybridized carbons (Fsp3) is 0. The first-order valence-electron chi connectivity index (χ1n) is 4.34. The van der Waals surface area contributed by atoms with Gasteiger partial charge in [-0.25, -0.2) is 20.5 Å². The van der Waals surface area contributed by atoms with Gasteiger partial charge in [-0.3, -0.25) is 4.79 Å². The van der Waals surface area contributed by atoms with Crippen LogP contribution in [0.25, 0.3) is 5.82 Å². The Bertz CT molecular complexity index is 521. The number of hydrazine groups is 1. The molecule has 0 aromatic carbocycles. The highest BCUT2D eigenvalue weighted by Crippen LogP contribution is 2.07. The fourth-order valence-corrected chi connectivity index (χ4v) is 1.13. The molecule has 0 aliphatic carbocycles. The number of primary amides is 1. The van der Waals surface area contributed by atoms with Crippen molar-refractivity contribution in [2.45, 2.75) is 0 Å². The van der Waals surface area contributed by atoms with E-state index in [2.05, 4.69) is 20.5 Å². The summed E-state index contributed by atoms with van der Waals surface area (Å²) < 4.78 is 1.41. The molecule has 2 rings (SSSR count). The monoisotopic (exact) mass is 219 g/mol. The van der Waals surface area contributed by atoms with E-state index in [-0.39, 0.29) is 0 Å². The average Bonchev–Trinajstić information content (AvgIpc) is 2.78. The Morgan fingerprint density at radius 3 is 2.88 bits per heavy atom. The number of nitrogen functional groups attached to an aromatic ring is 1. The van der Waals surface area contributed by atoms with Crippen LogP contribution in [0.1, 0.15) is 10.4 Å². The zero-order chi connectivity index (χ0) is 11.5. The molecule has 0 bridgehead atoms. The molecule has 0 aliphatic heterocycles. The Labute approximate surface area is 90.3 Å². The fourth-order valence-electron chi connectivity index (χ4n) is 1.13. The number of anilines is 1. The maximum Gasteiger partial charge on any atom is 0.251 e. The zero-order valence-corrected chi connectivity index (χ0v) is 8.16. The van der Waals surface area contributed by atoms with Crippen LogP contribution in [0, 0.1) is 0 Å². The van der Waals surface area contributed by atoms with Crippen molar-refractivity contribution in [1.29, 1.82) is 0 Å². The lowest BCUT2D eigenvalue weighted by Gasteiger charge is -2.01. The van der Waals surface area contributed by atoms with Crippen molar-refractivity contribution < 1.29 is 4.79 Å². The van der Waals surface area contributed by atoms with E-state index >= 15 is 0 Å². The predicted molar refractivity (Wildman–Crippen MR) is 55.5 cm³/mol. The molecule has 82 valence electrons. The second-order valence-electron chi connectivity index (χ2n) is 2.94. The molecule has 2 aromatic heterocycles. The van der Waals surface area contributed by atoms with Gasteiger partial charge in [0.1, 0.15) is 12.1 Å². The first-order valence-corrected chi connectivity index (χ1v) is 4.34. The minimum atomic E-state index is -0.544. The molecular weight excluding hydrogens is 210 g/mol. The first-order chi connectivity index (χ1) is 7.70. The van der Waals surface area contributed by atoms with Crippen LogP contribution < -0.4 is 17.0 Å². The number of carbonyl (C=O) groups excluding carboxylic acids is 1. The summed E-state index contributed by atoms with van der Waals surface area (Å²) in [6.07, 6.45) is 4.17. The number of hydrogen-bond donors (Lipinski definition) is 3. The van der Waals surface area contributed by atoms with Crippen molar-refractivity contribution in [3.05, 3.63) is 30.4 Å². The van der Waals surface area contributed by atoms with E-state index in [0.717, 1.165) is 0 Å².